The average molecular weight is 371 g/mol. The highest BCUT2D eigenvalue weighted by molar-refractivity contribution is 7.99. The molecular formula is C18H20F3NO2S. The van der Waals surface area contributed by atoms with Gasteiger partial charge in [0.2, 0.25) is 5.91 Å². The van der Waals surface area contributed by atoms with E-state index < -0.39 is 17.5 Å². The zero-order valence-electron chi connectivity index (χ0n) is 14.2. The van der Waals surface area contributed by atoms with Gasteiger partial charge in [0.05, 0.1) is 11.4 Å². The number of hydrogen-bond acceptors (Lipinski definition) is 3. The van der Waals surface area contributed by atoms with Crippen LogP contribution in [0.2, 0.25) is 0 Å². The minimum atomic E-state index is -4.22. The second-order valence-electron chi connectivity index (χ2n) is 6.80. The number of hydrogen-bond donors (Lipinski definition) is 0. The van der Waals surface area contributed by atoms with Crippen LogP contribution in [0.4, 0.5) is 13.2 Å². The van der Waals surface area contributed by atoms with E-state index in [1.165, 1.54) is 0 Å². The van der Waals surface area contributed by atoms with E-state index in [0.29, 0.717) is 29.2 Å². The zero-order chi connectivity index (χ0) is 18.2. The van der Waals surface area contributed by atoms with Crippen molar-refractivity contribution in [3.8, 4) is 5.75 Å². The summed E-state index contributed by atoms with van der Waals surface area (Å²) in [5.74, 6) is -0.299. The lowest BCUT2D eigenvalue weighted by Crippen LogP contribution is -2.38. The number of carbonyl (C=O) groups is 1. The van der Waals surface area contributed by atoms with Crippen molar-refractivity contribution in [1.29, 1.82) is 0 Å². The van der Waals surface area contributed by atoms with Crippen molar-refractivity contribution in [2.45, 2.75) is 49.8 Å². The molecule has 1 aromatic carbocycles. The van der Waals surface area contributed by atoms with Crippen molar-refractivity contribution >= 4 is 23.4 Å². The van der Waals surface area contributed by atoms with Gasteiger partial charge in [-0.1, -0.05) is 0 Å². The van der Waals surface area contributed by atoms with Crippen molar-refractivity contribution in [2.75, 3.05) is 12.3 Å². The molecule has 0 N–H and O–H groups in total. The molecule has 3 rings (SSSR count). The monoisotopic (exact) mass is 371 g/mol. The number of alkyl halides is 3. The lowest BCUT2D eigenvalue weighted by Gasteiger charge is -2.37. The van der Waals surface area contributed by atoms with Gasteiger partial charge < -0.3 is 9.64 Å². The molecule has 0 bridgehead atoms. The predicted octanol–water partition coefficient (Wildman–Crippen LogP) is 4.87. The van der Waals surface area contributed by atoms with Crippen LogP contribution >= 0.6 is 11.8 Å². The molecule has 0 spiro atoms. The Bertz CT molecular complexity index is 713. The Morgan fingerprint density at radius 3 is 2.72 bits per heavy atom. The number of likely N-dealkylation sites (tertiary alicyclic amines) is 1. The van der Waals surface area contributed by atoms with E-state index in [2.05, 4.69) is 0 Å². The predicted molar refractivity (Wildman–Crippen MR) is 91.5 cm³/mol. The van der Waals surface area contributed by atoms with Crippen molar-refractivity contribution < 1.29 is 22.7 Å². The van der Waals surface area contributed by atoms with E-state index in [9.17, 15) is 18.0 Å². The fourth-order valence-electron chi connectivity index (χ4n) is 3.06. The first-order valence-electron chi connectivity index (χ1n) is 8.21. The van der Waals surface area contributed by atoms with Crippen LogP contribution in [0.5, 0.6) is 5.75 Å². The molecule has 1 aromatic rings. The van der Waals surface area contributed by atoms with Crippen LogP contribution in [0.25, 0.3) is 5.70 Å². The molecule has 0 aliphatic carbocycles. The number of benzene rings is 1. The number of rotatable bonds is 3. The fraction of sp³-hybridized carbons (Fsp3) is 0.500. The van der Waals surface area contributed by atoms with E-state index >= 15 is 0 Å². The first kappa shape index (κ1) is 18.2. The molecule has 1 saturated heterocycles. The van der Waals surface area contributed by atoms with Gasteiger partial charge in [0.1, 0.15) is 11.4 Å². The van der Waals surface area contributed by atoms with E-state index in [1.54, 1.807) is 23.1 Å². The standard InChI is InChI=1S/C18H20F3NO2S/c1-17(2)10-14(22-8-4-3-5-16(22)23)13-9-12(6-7-15(13)24-17)25-11-18(19,20)21/h6-7,9-10H,3-5,8,11H2,1-2H3. The number of nitrogens with zero attached hydrogens (tertiary/aromatic N) is 1. The maximum Gasteiger partial charge on any atom is 0.398 e. The van der Waals surface area contributed by atoms with Gasteiger partial charge >= 0.3 is 6.18 Å². The first-order valence-corrected chi connectivity index (χ1v) is 9.19. The Labute approximate surface area is 149 Å². The number of thioether (sulfide) groups is 1. The molecular weight excluding hydrogens is 351 g/mol. The average Bonchev–Trinajstić information content (AvgIpc) is 2.51. The summed E-state index contributed by atoms with van der Waals surface area (Å²) >= 11 is 0.738. The summed E-state index contributed by atoms with van der Waals surface area (Å²) in [4.78, 5) is 14.6. The van der Waals surface area contributed by atoms with Gasteiger partial charge in [0.15, 0.2) is 0 Å². The summed E-state index contributed by atoms with van der Waals surface area (Å²) in [5, 5.41) is 0. The normalized spacial score (nSPS) is 20.0. The molecule has 2 heterocycles. The highest BCUT2D eigenvalue weighted by atomic mass is 32.2. The SMILES string of the molecule is CC1(C)C=C(N2CCCCC2=O)c2cc(SCC(F)(F)F)ccc2O1. The van der Waals surface area contributed by atoms with Crippen LogP contribution in [0.1, 0.15) is 38.7 Å². The molecule has 0 atom stereocenters. The smallest absolute Gasteiger partial charge is 0.398 e. The van der Waals surface area contributed by atoms with E-state index in [-0.39, 0.29) is 5.91 Å². The minimum absolute atomic E-state index is 0.0505. The molecule has 0 aromatic heterocycles. The fourth-order valence-corrected chi connectivity index (χ4v) is 3.75. The maximum atomic E-state index is 12.5. The van der Waals surface area contributed by atoms with Crippen LogP contribution in [-0.2, 0) is 4.79 Å². The molecule has 1 fully saturated rings. The lowest BCUT2D eigenvalue weighted by atomic mass is 9.96. The van der Waals surface area contributed by atoms with Crippen molar-refractivity contribution in [2.24, 2.45) is 0 Å². The van der Waals surface area contributed by atoms with E-state index in [1.807, 2.05) is 19.9 Å². The zero-order valence-corrected chi connectivity index (χ0v) is 15.0. The molecule has 3 nitrogen and oxygen atoms in total. The van der Waals surface area contributed by atoms with Gasteiger partial charge in [-0.3, -0.25) is 4.79 Å². The van der Waals surface area contributed by atoms with Crippen LogP contribution in [-0.4, -0.2) is 34.9 Å². The second-order valence-corrected chi connectivity index (χ2v) is 7.85. The van der Waals surface area contributed by atoms with Gasteiger partial charge in [0, 0.05) is 23.4 Å². The Morgan fingerprint density at radius 2 is 2.04 bits per heavy atom. The molecule has 25 heavy (non-hydrogen) atoms. The molecule has 0 radical (unpaired) electrons. The van der Waals surface area contributed by atoms with E-state index in [4.69, 9.17) is 4.74 Å². The van der Waals surface area contributed by atoms with Crippen LogP contribution in [0, 0.1) is 0 Å². The molecule has 7 heteroatoms. The summed E-state index contributed by atoms with van der Waals surface area (Å²) in [6.45, 7) is 4.42. The van der Waals surface area contributed by atoms with Crippen molar-refractivity contribution in [3.05, 3.63) is 29.8 Å². The number of piperidine rings is 1. The molecule has 1 amide bonds. The largest absolute Gasteiger partial charge is 0.483 e. The topological polar surface area (TPSA) is 29.5 Å². The first-order chi connectivity index (χ1) is 11.6. The van der Waals surface area contributed by atoms with Crippen LogP contribution in [0.15, 0.2) is 29.2 Å². The number of amides is 1. The van der Waals surface area contributed by atoms with Gasteiger partial charge in [-0.25, -0.2) is 0 Å². The number of ether oxygens (including phenoxy) is 1. The third-order valence-electron chi connectivity index (χ3n) is 4.10. The Hall–Kier alpha value is -1.63. The van der Waals surface area contributed by atoms with E-state index in [0.717, 1.165) is 30.3 Å². The van der Waals surface area contributed by atoms with Crippen LogP contribution < -0.4 is 4.74 Å². The summed E-state index contributed by atoms with van der Waals surface area (Å²) in [6, 6.07) is 5.01. The van der Waals surface area contributed by atoms with Crippen molar-refractivity contribution in [1.82, 2.24) is 4.90 Å². The maximum absolute atomic E-state index is 12.5. The van der Waals surface area contributed by atoms with Gasteiger partial charge in [-0.2, -0.15) is 13.2 Å². The van der Waals surface area contributed by atoms with Crippen molar-refractivity contribution in [3.63, 3.8) is 0 Å². The Morgan fingerprint density at radius 1 is 1.28 bits per heavy atom. The number of halogens is 3. The Kier molecular flexibility index (Phi) is 4.79. The van der Waals surface area contributed by atoms with Gasteiger partial charge in [-0.15, -0.1) is 11.8 Å². The highest BCUT2D eigenvalue weighted by Crippen LogP contribution is 2.41. The molecule has 0 saturated carbocycles. The summed E-state index contributed by atoms with van der Waals surface area (Å²) < 4.78 is 43.4. The van der Waals surface area contributed by atoms with Gasteiger partial charge in [0.25, 0.3) is 0 Å². The van der Waals surface area contributed by atoms with Gasteiger partial charge in [-0.05, 0) is 51.0 Å². The number of fused-ring (bicyclic) bond motifs is 1. The quantitative estimate of drug-likeness (QED) is 0.711. The second kappa shape index (κ2) is 6.59. The lowest BCUT2D eigenvalue weighted by molar-refractivity contribution is -0.129. The molecule has 2 aliphatic heterocycles. The third-order valence-corrected chi connectivity index (χ3v) is 5.16. The molecule has 2 aliphatic rings. The Balaban J connectivity index is 1.95. The molecule has 136 valence electrons. The summed E-state index contributed by atoms with van der Waals surface area (Å²) in [7, 11) is 0. The highest BCUT2D eigenvalue weighted by Gasteiger charge is 2.33. The third kappa shape index (κ3) is 4.32. The molecule has 0 unspecified atom stereocenters. The summed E-state index contributed by atoms with van der Waals surface area (Å²) in [6.07, 6.45) is -0.0488. The number of carbonyl (C=O) groups excluding carboxylic acids is 1. The van der Waals surface area contributed by atoms with Crippen LogP contribution in [0.3, 0.4) is 0 Å². The minimum Gasteiger partial charge on any atom is -0.483 e. The summed E-state index contributed by atoms with van der Waals surface area (Å²) in [5.41, 5.74) is 0.841.